The first-order chi connectivity index (χ1) is 10.5. The molecule has 1 aliphatic carbocycles. The van der Waals surface area contributed by atoms with Crippen LogP contribution in [0, 0.1) is 16.0 Å². The van der Waals surface area contributed by atoms with Gasteiger partial charge >= 0.3 is 6.09 Å². The Morgan fingerprint density at radius 2 is 2.09 bits per heavy atom. The van der Waals surface area contributed by atoms with Gasteiger partial charge in [0.15, 0.2) is 0 Å². The summed E-state index contributed by atoms with van der Waals surface area (Å²) >= 11 is 0. The Labute approximate surface area is 129 Å². The first kappa shape index (κ1) is 16.1. The van der Waals surface area contributed by atoms with Crippen LogP contribution in [0.4, 0.5) is 21.9 Å². The molecular weight excluding hydrogens is 286 g/mol. The summed E-state index contributed by atoms with van der Waals surface area (Å²) in [5.74, 6) is 0.551. The summed E-state index contributed by atoms with van der Waals surface area (Å²) in [6.07, 6.45) is 4.86. The lowest BCUT2D eigenvalue weighted by molar-refractivity contribution is -0.383. The number of carboxylic acid groups (broad SMARTS) is 1. The zero-order chi connectivity index (χ0) is 16.1. The zero-order valence-corrected chi connectivity index (χ0v) is 12.6. The molecule has 1 aromatic rings. The number of nitro groups is 1. The predicted molar refractivity (Wildman–Crippen MR) is 84.6 cm³/mol. The highest BCUT2D eigenvalue weighted by molar-refractivity contribution is 5.86. The van der Waals surface area contributed by atoms with Gasteiger partial charge < -0.3 is 10.4 Å². The molecule has 2 rings (SSSR count). The lowest BCUT2D eigenvalue weighted by atomic mass is 9.89. The number of anilines is 2. The number of rotatable bonds is 5. The zero-order valence-electron chi connectivity index (χ0n) is 12.6. The Hall–Kier alpha value is -2.31. The maximum atomic E-state index is 11.2. The van der Waals surface area contributed by atoms with Crippen LogP contribution in [-0.4, -0.2) is 29.7 Å². The molecule has 1 fully saturated rings. The second-order valence-electron chi connectivity index (χ2n) is 5.69. The number of nitrogens with zero attached hydrogens (tertiary/aromatic N) is 2. The van der Waals surface area contributed by atoms with Crippen molar-refractivity contribution in [3.8, 4) is 0 Å². The van der Waals surface area contributed by atoms with Crippen LogP contribution in [-0.2, 0) is 0 Å². The van der Waals surface area contributed by atoms with E-state index in [1.54, 1.807) is 12.1 Å². The highest BCUT2D eigenvalue weighted by Gasteiger charge is 2.20. The molecule has 0 unspecified atom stereocenters. The van der Waals surface area contributed by atoms with Crippen LogP contribution in [0.25, 0.3) is 0 Å². The van der Waals surface area contributed by atoms with Crippen LogP contribution in [0.2, 0.25) is 0 Å². The van der Waals surface area contributed by atoms with Gasteiger partial charge in [-0.15, -0.1) is 0 Å². The minimum Gasteiger partial charge on any atom is -0.465 e. The summed E-state index contributed by atoms with van der Waals surface area (Å²) < 4.78 is 0. The number of nitro benzene ring substituents is 1. The fraction of sp³-hybridized carbons (Fsp3) is 0.533. The molecule has 0 saturated heterocycles. The van der Waals surface area contributed by atoms with E-state index in [4.69, 9.17) is 5.11 Å². The van der Waals surface area contributed by atoms with Crippen molar-refractivity contribution < 1.29 is 14.8 Å². The van der Waals surface area contributed by atoms with Crippen molar-refractivity contribution in [2.45, 2.75) is 32.1 Å². The van der Waals surface area contributed by atoms with Gasteiger partial charge in [0.05, 0.1) is 10.6 Å². The smallest absolute Gasteiger partial charge is 0.411 e. The van der Waals surface area contributed by atoms with Gasteiger partial charge in [-0.25, -0.2) is 4.79 Å². The van der Waals surface area contributed by atoms with Crippen molar-refractivity contribution in [2.75, 3.05) is 23.8 Å². The van der Waals surface area contributed by atoms with E-state index in [-0.39, 0.29) is 11.4 Å². The van der Waals surface area contributed by atoms with E-state index in [1.807, 2.05) is 0 Å². The van der Waals surface area contributed by atoms with E-state index in [2.05, 4.69) is 5.32 Å². The highest BCUT2D eigenvalue weighted by atomic mass is 16.6. The SMILES string of the molecule is CN(C(=O)O)c1ccc(NCC2CCCCC2)c([N+](=O)[O-])c1. The van der Waals surface area contributed by atoms with Gasteiger partial charge in [0, 0.05) is 19.7 Å². The van der Waals surface area contributed by atoms with Gasteiger partial charge in [0.25, 0.3) is 5.69 Å². The molecule has 7 heteroatoms. The van der Waals surface area contributed by atoms with Crippen LogP contribution in [0.1, 0.15) is 32.1 Å². The van der Waals surface area contributed by atoms with E-state index in [1.165, 1.54) is 32.4 Å². The van der Waals surface area contributed by atoms with E-state index >= 15 is 0 Å². The van der Waals surface area contributed by atoms with Crippen molar-refractivity contribution in [3.05, 3.63) is 28.3 Å². The third kappa shape index (κ3) is 3.87. The van der Waals surface area contributed by atoms with Gasteiger partial charge in [-0.3, -0.25) is 15.0 Å². The van der Waals surface area contributed by atoms with Crippen LogP contribution in [0.5, 0.6) is 0 Å². The van der Waals surface area contributed by atoms with Gasteiger partial charge in [-0.05, 0) is 30.9 Å². The molecule has 0 aromatic heterocycles. The molecule has 0 aliphatic heterocycles. The van der Waals surface area contributed by atoms with E-state index in [0.29, 0.717) is 11.6 Å². The lowest BCUT2D eigenvalue weighted by Gasteiger charge is -2.22. The molecule has 2 N–H and O–H groups in total. The molecule has 0 bridgehead atoms. The van der Waals surface area contributed by atoms with E-state index < -0.39 is 11.0 Å². The predicted octanol–water partition coefficient (Wildman–Crippen LogP) is 3.70. The van der Waals surface area contributed by atoms with Crippen molar-refractivity contribution >= 4 is 23.2 Å². The molecule has 1 aromatic carbocycles. The summed E-state index contributed by atoms with van der Waals surface area (Å²) in [5, 5.41) is 23.3. The molecule has 7 nitrogen and oxygen atoms in total. The largest absolute Gasteiger partial charge is 0.465 e. The lowest BCUT2D eigenvalue weighted by Crippen LogP contribution is -2.24. The molecule has 0 heterocycles. The normalized spacial score (nSPS) is 15.3. The summed E-state index contributed by atoms with van der Waals surface area (Å²) in [6.45, 7) is 0.717. The summed E-state index contributed by atoms with van der Waals surface area (Å²) in [5.41, 5.74) is 0.627. The van der Waals surface area contributed by atoms with Crippen LogP contribution in [0.3, 0.4) is 0 Å². The molecule has 0 atom stereocenters. The highest BCUT2D eigenvalue weighted by Crippen LogP contribution is 2.31. The number of hydrogen-bond acceptors (Lipinski definition) is 4. The first-order valence-corrected chi connectivity index (χ1v) is 7.48. The fourth-order valence-corrected chi connectivity index (χ4v) is 2.79. The topological polar surface area (TPSA) is 95.7 Å². The molecular formula is C15H21N3O4. The van der Waals surface area contributed by atoms with E-state index in [0.717, 1.165) is 24.3 Å². The minimum absolute atomic E-state index is 0.0959. The summed E-state index contributed by atoms with van der Waals surface area (Å²) in [4.78, 5) is 22.6. The van der Waals surface area contributed by atoms with Gasteiger partial charge in [-0.2, -0.15) is 0 Å². The Morgan fingerprint density at radius 1 is 1.41 bits per heavy atom. The molecule has 120 valence electrons. The fourth-order valence-electron chi connectivity index (χ4n) is 2.79. The van der Waals surface area contributed by atoms with Crippen molar-refractivity contribution in [1.29, 1.82) is 0 Å². The molecule has 0 spiro atoms. The third-order valence-corrected chi connectivity index (χ3v) is 4.16. The number of benzene rings is 1. The standard InChI is InChI=1S/C15H21N3O4/c1-17(15(19)20)12-7-8-13(14(9-12)18(21)22)16-10-11-5-3-2-4-6-11/h7-9,11,16H,2-6,10H2,1H3,(H,19,20). The third-order valence-electron chi connectivity index (χ3n) is 4.16. The molecule has 22 heavy (non-hydrogen) atoms. The Kier molecular flexibility index (Phi) is 5.19. The van der Waals surface area contributed by atoms with Gasteiger partial charge in [0.2, 0.25) is 0 Å². The van der Waals surface area contributed by atoms with Gasteiger partial charge in [0.1, 0.15) is 5.69 Å². The van der Waals surface area contributed by atoms with Crippen molar-refractivity contribution in [3.63, 3.8) is 0 Å². The average molecular weight is 307 g/mol. The van der Waals surface area contributed by atoms with Crippen LogP contribution >= 0.6 is 0 Å². The molecule has 1 saturated carbocycles. The van der Waals surface area contributed by atoms with Crippen LogP contribution in [0.15, 0.2) is 18.2 Å². The summed E-state index contributed by atoms with van der Waals surface area (Å²) in [6, 6.07) is 4.44. The molecule has 0 radical (unpaired) electrons. The Balaban J connectivity index is 2.12. The molecule has 1 amide bonds. The van der Waals surface area contributed by atoms with E-state index in [9.17, 15) is 14.9 Å². The number of carbonyl (C=O) groups is 1. The second kappa shape index (κ2) is 7.11. The molecule has 1 aliphatic rings. The number of hydrogen-bond donors (Lipinski definition) is 2. The number of amides is 1. The Bertz CT molecular complexity index is 556. The summed E-state index contributed by atoms with van der Waals surface area (Å²) in [7, 11) is 1.36. The monoisotopic (exact) mass is 307 g/mol. The quantitative estimate of drug-likeness (QED) is 0.638. The maximum Gasteiger partial charge on any atom is 0.411 e. The van der Waals surface area contributed by atoms with Crippen LogP contribution < -0.4 is 10.2 Å². The minimum atomic E-state index is -1.16. The van der Waals surface area contributed by atoms with Crippen molar-refractivity contribution in [2.24, 2.45) is 5.92 Å². The van der Waals surface area contributed by atoms with Crippen molar-refractivity contribution in [1.82, 2.24) is 0 Å². The Morgan fingerprint density at radius 3 is 2.68 bits per heavy atom. The second-order valence-corrected chi connectivity index (χ2v) is 5.69. The maximum absolute atomic E-state index is 11.2. The average Bonchev–Trinajstić information content (AvgIpc) is 2.52. The van der Waals surface area contributed by atoms with Gasteiger partial charge in [-0.1, -0.05) is 19.3 Å². The number of nitrogens with one attached hydrogen (secondary N) is 1. The first-order valence-electron chi connectivity index (χ1n) is 7.48.